The number of carbonyl (C=O) groups excluding carboxylic acids is 3. The molecule has 0 atom stereocenters. The molecule has 7 nitrogen and oxygen atoms in total. The van der Waals surface area contributed by atoms with E-state index in [2.05, 4.69) is 10.6 Å². The van der Waals surface area contributed by atoms with E-state index in [-0.39, 0.29) is 31.0 Å². The van der Waals surface area contributed by atoms with E-state index in [0.717, 1.165) is 0 Å². The minimum absolute atomic E-state index is 0.0201. The smallest absolute Gasteiger partial charge is 0.338 e. The molecule has 29 heavy (non-hydrogen) atoms. The van der Waals surface area contributed by atoms with Crippen molar-refractivity contribution in [3.05, 3.63) is 59.9 Å². The second kappa shape index (κ2) is 10.3. The molecule has 2 aromatic carbocycles. The average Bonchev–Trinajstić information content (AvgIpc) is 2.61. The lowest BCUT2D eigenvalue weighted by atomic mass is 10.2. The van der Waals surface area contributed by atoms with Crippen LogP contribution in [0.25, 0.3) is 0 Å². The maximum absolute atomic E-state index is 13.1. The summed E-state index contributed by atoms with van der Waals surface area (Å²) in [5.74, 6) is -1.55. The maximum atomic E-state index is 13.1. The van der Waals surface area contributed by atoms with Gasteiger partial charge in [-0.15, -0.1) is 0 Å². The van der Waals surface area contributed by atoms with E-state index in [1.807, 2.05) is 0 Å². The summed E-state index contributed by atoms with van der Waals surface area (Å²) in [6, 6.07) is 11.9. The number of ether oxygens (including phenoxy) is 1. The van der Waals surface area contributed by atoms with E-state index in [0.29, 0.717) is 16.9 Å². The number of amides is 2. The van der Waals surface area contributed by atoms with Crippen molar-refractivity contribution >= 4 is 29.2 Å². The molecule has 0 aromatic heterocycles. The first-order valence-corrected chi connectivity index (χ1v) is 9.08. The molecule has 0 unspecified atom stereocenters. The lowest BCUT2D eigenvalue weighted by Crippen LogP contribution is -2.36. The number of rotatable bonds is 8. The standard InChI is InChI=1S/C21H24FN3O4/c1-14(2)29-21(28)15-7-9-17(10-8-15)23-19(26)12-25(3)13-20(27)24-18-6-4-5-16(22)11-18/h4-11,14H,12-13H2,1-3H3,(H,23,26)(H,24,27). The first-order valence-electron chi connectivity index (χ1n) is 9.08. The van der Waals surface area contributed by atoms with Crippen LogP contribution in [-0.2, 0) is 14.3 Å². The molecule has 2 rings (SSSR count). The molecule has 0 fully saturated rings. The van der Waals surface area contributed by atoms with Gasteiger partial charge in [0.2, 0.25) is 11.8 Å². The maximum Gasteiger partial charge on any atom is 0.338 e. The highest BCUT2D eigenvalue weighted by Gasteiger charge is 2.13. The molecule has 8 heteroatoms. The summed E-state index contributed by atoms with van der Waals surface area (Å²) >= 11 is 0. The number of nitrogens with zero attached hydrogens (tertiary/aromatic N) is 1. The Morgan fingerprint density at radius 1 is 0.966 bits per heavy atom. The van der Waals surface area contributed by atoms with E-state index in [1.54, 1.807) is 51.2 Å². The summed E-state index contributed by atoms with van der Waals surface area (Å²) in [5, 5.41) is 5.27. The van der Waals surface area contributed by atoms with Gasteiger partial charge in [-0.3, -0.25) is 14.5 Å². The van der Waals surface area contributed by atoms with Crippen LogP contribution in [0.4, 0.5) is 15.8 Å². The molecular weight excluding hydrogens is 377 g/mol. The Balaban J connectivity index is 1.80. The number of likely N-dealkylation sites (N-methyl/N-ethyl adjacent to an activating group) is 1. The number of anilines is 2. The summed E-state index contributed by atoms with van der Waals surface area (Å²) in [6.07, 6.45) is -0.212. The zero-order chi connectivity index (χ0) is 21.4. The molecule has 0 aliphatic carbocycles. The normalized spacial score (nSPS) is 10.7. The molecule has 2 amide bonds. The quantitative estimate of drug-likeness (QED) is 0.664. The second-order valence-corrected chi connectivity index (χ2v) is 6.81. The topological polar surface area (TPSA) is 87.7 Å². The number of esters is 1. The lowest BCUT2D eigenvalue weighted by Gasteiger charge is -2.16. The minimum Gasteiger partial charge on any atom is -0.459 e. The van der Waals surface area contributed by atoms with Gasteiger partial charge in [0.05, 0.1) is 24.8 Å². The van der Waals surface area contributed by atoms with Crippen molar-refractivity contribution < 1.29 is 23.5 Å². The van der Waals surface area contributed by atoms with Crippen LogP contribution in [0.15, 0.2) is 48.5 Å². The van der Waals surface area contributed by atoms with Gasteiger partial charge in [0.15, 0.2) is 0 Å². The molecule has 0 aliphatic heterocycles. The van der Waals surface area contributed by atoms with Crippen molar-refractivity contribution in [3.63, 3.8) is 0 Å². The number of hydrogen-bond donors (Lipinski definition) is 2. The van der Waals surface area contributed by atoms with Crippen LogP contribution in [0.2, 0.25) is 0 Å². The first kappa shape index (κ1) is 22.0. The molecule has 0 saturated heterocycles. The van der Waals surface area contributed by atoms with Crippen molar-refractivity contribution in [2.24, 2.45) is 0 Å². The van der Waals surface area contributed by atoms with E-state index < -0.39 is 11.8 Å². The highest BCUT2D eigenvalue weighted by molar-refractivity contribution is 5.95. The largest absolute Gasteiger partial charge is 0.459 e. The van der Waals surface area contributed by atoms with Crippen LogP contribution >= 0.6 is 0 Å². The predicted octanol–water partition coefficient (Wildman–Crippen LogP) is 2.90. The Morgan fingerprint density at radius 2 is 1.55 bits per heavy atom. The van der Waals surface area contributed by atoms with Gasteiger partial charge in [-0.25, -0.2) is 9.18 Å². The van der Waals surface area contributed by atoms with Gasteiger partial charge in [0.25, 0.3) is 0 Å². The van der Waals surface area contributed by atoms with Gasteiger partial charge in [-0.05, 0) is 63.4 Å². The van der Waals surface area contributed by atoms with Crippen molar-refractivity contribution in [2.45, 2.75) is 20.0 Å². The zero-order valence-electron chi connectivity index (χ0n) is 16.6. The highest BCUT2D eigenvalue weighted by Crippen LogP contribution is 2.12. The average molecular weight is 401 g/mol. The van der Waals surface area contributed by atoms with Crippen LogP contribution < -0.4 is 10.6 Å². The van der Waals surface area contributed by atoms with Crippen LogP contribution in [0.3, 0.4) is 0 Å². The molecule has 0 heterocycles. The number of benzene rings is 2. The zero-order valence-corrected chi connectivity index (χ0v) is 16.6. The van der Waals surface area contributed by atoms with Crippen LogP contribution in [0.5, 0.6) is 0 Å². The molecule has 154 valence electrons. The Bertz CT molecular complexity index is 868. The van der Waals surface area contributed by atoms with Gasteiger partial charge in [0, 0.05) is 11.4 Å². The van der Waals surface area contributed by atoms with E-state index in [1.165, 1.54) is 23.1 Å². The SMILES string of the molecule is CC(C)OC(=O)c1ccc(NC(=O)CN(C)CC(=O)Nc2cccc(F)c2)cc1. The van der Waals surface area contributed by atoms with Crippen LogP contribution in [-0.4, -0.2) is 48.9 Å². The monoisotopic (exact) mass is 401 g/mol. The molecular formula is C21H24FN3O4. The molecule has 2 N–H and O–H groups in total. The first-order chi connectivity index (χ1) is 13.7. The van der Waals surface area contributed by atoms with Gasteiger partial charge < -0.3 is 15.4 Å². The second-order valence-electron chi connectivity index (χ2n) is 6.81. The molecule has 2 aromatic rings. The van der Waals surface area contributed by atoms with Crippen LogP contribution in [0, 0.1) is 5.82 Å². The van der Waals surface area contributed by atoms with Gasteiger partial charge in [0.1, 0.15) is 5.82 Å². The fraction of sp³-hybridized carbons (Fsp3) is 0.286. The molecule has 0 spiro atoms. The number of nitrogens with one attached hydrogen (secondary N) is 2. The third kappa shape index (κ3) is 7.71. The molecule has 0 radical (unpaired) electrons. The lowest BCUT2D eigenvalue weighted by molar-refractivity contribution is -0.119. The third-order valence-electron chi connectivity index (χ3n) is 3.68. The summed E-state index contributed by atoms with van der Waals surface area (Å²) in [6.45, 7) is 3.47. The summed E-state index contributed by atoms with van der Waals surface area (Å²) < 4.78 is 18.2. The molecule has 0 bridgehead atoms. The Hall–Kier alpha value is -3.26. The fourth-order valence-electron chi connectivity index (χ4n) is 2.49. The van der Waals surface area contributed by atoms with Crippen molar-refractivity contribution in [1.82, 2.24) is 4.90 Å². The van der Waals surface area contributed by atoms with Crippen molar-refractivity contribution in [1.29, 1.82) is 0 Å². The van der Waals surface area contributed by atoms with E-state index in [9.17, 15) is 18.8 Å². The summed E-state index contributed by atoms with van der Waals surface area (Å²) in [5.41, 5.74) is 1.26. The minimum atomic E-state index is -0.445. The van der Waals surface area contributed by atoms with Crippen molar-refractivity contribution in [2.75, 3.05) is 30.8 Å². The molecule has 0 saturated carbocycles. The van der Waals surface area contributed by atoms with Crippen molar-refractivity contribution in [3.8, 4) is 0 Å². The number of carbonyl (C=O) groups is 3. The predicted molar refractivity (Wildman–Crippen MR) is 108 cm³/mol. The third-order valence-corrected chi connectivity index (χ3v) is 3.68. The van der Waals surface area contributed by atoms with Crippen LogP contribution in [0.1, 0.15) is 24.2 Å². The summed E-state index contributed by atoms with van der Waals surface area (Å²) in [4.78, 5) is 37.5. The number of hydrogen-bond acceptors (Lipinski definition) is 5. The Labute approximate surface area is 168 Å². The Kier molecular flexibility index (Phi) is 7.85. The Morgan fingerprint density at radius 3 is 2.10 bits per heavy atom. The fourth-order valence-corrected chi connectivity index (χ4v) is 2.49. The van der Waals surface area contributed by atoms with Gasteiger partial charge in [-0.2, -0.15) is 0 Å². The molecule has 0 aliphatic rings. The van der Waals surface area contributed by atoms with E-state index >= 15 is 0 Å². The number of halogens is 1. The van der Waals surface area contributed by atoms with Gasteiger partial charge in [-0.1, -0.05) is 6.07 Å². The van der Waals surface area contributed by atoms with Gasteiger partial charge >= 0.3 is 5.97 Å². The summed E-state index contributed by atoms with van der Waals surface area (Å²) in [7, 11) is 1.62. The van der Waals surface area contributed by atoms with E-state index in [4.69, 9.17) is 4.74 Å². The highest BCUT2D eigenvalue weighted by atomic mass is 19.1.